The first-order valence-corrected chi connectivity index (χ1v) is 11.0. The van der Waals surface area contributed by atoms with E-state index < -0.39 is 57.2 Å². The summed E-state index contributed by atoms with van der Waals surface area (Å²) in [5, 5.41) is 37.8. The average molecular weight is 501 g/mol. The van der Waals surface area contributed by atoms with E-state index in [1.54, 1.807) is 4.72 Å². The van der Waals surface area contributed by atoms with Gasteiger partial charge in [0.2, 0.25) is 0 Å². The molecule has 0 aliphatic carbocycles. The number of phenols is 1. The summed E-state index contributed by atoms with van der Waals surface area (Å²) in [6, 6.07) is 3.34. The second-order valence-corrected chi connectivity index (χ2v) is 9.28. The number of rotatable bonds is 5. The lowest BCUT2D eigenvalue weighted by Crippen LogP contribution is -2.56. The van der Waals surface area contributed by atoms with E-state index in [2.05, 4.69) is 15.0 Å². The van der Waals surface area contributed by atoms with Crippen LogP contribution in [-0.4, -0.2) is 79.2 Å². The molecule has 3 aromatic rings. The number of aromatic nitrogens is 4. The highest BCUT2D eigenvalue weighted by Gasteiger charge is 2.65. The van der Waals surface area contributed by atoms with Crippen LogP contribution in [-0.2, 0) is 19.8 Å². The Morgan fingerprint density at radius 1 is 1.30 bits per heavy atom. The maximum Gasteiger partial charge on any atom is 0.300 e. The minimum Gasteiger partial charge on any atom is -0.507 e. The number of sulfonamides is 1. The first kappa shape index (κ1) is 23.1. The largest absolute Gasteiger partial charge is 0.507 e. The standard InChI is InChI=1S/C17H17ClN6O8S/c18-7-1-2-8(9(26)3-7)16(29)23-33(30,31)17(13(28)12(27)10(4-25)32-17)24-6-22-11-14(19)20-5-21-15(11)24/h1-3,5-6,10,12-13,25-28H,4H2,(H,23,29)(H2,19,20,21)/t10-,12-,13-,17+/m1/s1. The van der Waals surface area contributed by atoms with Gasteiger partial charge in [0.1, 0.15) is 42.2 Å². The Kier molecular flexibility index (Phi) is 5.63. The van der Waals surface area contributed by atoms with Crippen LogP contribution in [0.5, 0.6) is 5.75 Å². The van der Waals surface area contributed by atoms with Crippen molar-refractivity contribution in [2.75, 3.05) is 12.3 Å². The van der Waals surface area contributed by atoms with Gasteiger partial charge in [-0.05, 0) is 18.2 Å². The summed E-state index contributed by atoms with van der Waals surface area (Å²) in [5.74, 6) is -2.02. The number of imidazole rings is 1. The number of fused-ring (bicyclic) bond motifs is 1. The zero-order chi connectivity index (χ0) is 24.1. The number of aromatic hydroxyl groups is 1. The molecule has 1 aliphatic rings. The predicted octanol–water partition coefficient (Wildman–Crippen LogP) is -1.75. The van der Waals surface area contributed by atoms with Crippen LogP contribution in [0.15, 0.2) is 30.9 Å². The number of anilines is 1. The molecule has 7 N–H and O–H groups in total. The molecule has 4 atom stereocenters. The second kappa shape index (κ2) is 8.05. The SMILES string of the molecule is Nc1ncnc2c1ncn2[C@]1(S(=O)(=O)NC(=O)c2ccc(Cl)cc2O)O[C@H](CO)[C@@H](O)[C@H]1O. The molecule has 1 saturated heterocycles. The van der Waals surface area contributed by atoms with Crippen molar-refractivity contribution in [3.63, 3.8) is 0 Å². The monoisotopic (exact) mass is 500 g/mol. The second-order valence-electron chi connectivity index (χ2n) is 7.05. The third-order valence-electron chi connectivity index (χ3n) is 5.09. The molecule has 16 heteroatoms. The number of benzene rings is 1. The van der Waals surface area contributed by atoms with Crippen molar-refractivity contribution >= 4 is 44.5 Å². The first-order valence-electron chi connectivity index (χ1n) is 9.17. The summed E-state index contributed by atoms with van der Waals surface area (Å²) in [7, 11) is -5.11. The number of amides is 1. The molecule has 0 saturated carbocycles. The first-order chi connectivity index (χ1) is 15.5. The van der Waals surface area contributed by atoms with E-state index in [-0.39, 0.29) is 22.0 Å². The number of nitrogens with one attached hydrogen (secondary N) is 1. The van der Waals surface area contributed by atoms with Crippen LogP contribution >= 0.6 is 11.6 Å². The van der Waals surface area contributed by atoms with Gasteiger partial charge in [0.05, 0.1) is 12.2 Å². The molecule has 4 rings (SSSR count). The third-order valence-corrected chi connectivity index (χ3v) is 7.09. The molecule has 1 amide bonds. The Morgan fingerprint density at radius 2 is 2.03 bits per heavy atom. The lowest BCUT2D eigenvalue weighted by Gasteiger charge is -2.32. The number of hydrogen-bond donors (Lipinski definition) is 6. The lowest BCUT2D eigenvalue weighted by molar-refractivity contribution is -0.0847. The van der Waals surface area contributed by atoms with Gasteiger partial charge in [-0.1, -0.05) is 11.6 Å². The Hall–Kier alpha value is -3.08. The van der Waals surface area contributed by atoms with Gasteiger partial charge in [0.25, 0.3) is 15.9 Å². The van der Waals surface area contributed by atoms with Gasteiger partial charge in [0, 0.05) is 5.02 Å². The smallest absolute Gasteiger partial charge is 0.300 e. The number of nitrogens with zero attached hydrogens (tertiary/aromatic N) is 4. The van der Waals surface area contributed by atoms with Gasteiger partial charge in [-0.3, -0.25) is 9.36 Å². The molecule has 3 heterocycles. The summed E-state index contributed by atoms with van der Waals surface area (Å²) in [4.78, 5) is 24.3. The van der Waals surface area contributed by atoms with Crippen LogP contribution in [0.2, 0.25) is 5.02 Å². The van der Waals surface area contributed by atoms with Crippen LogP contribution < -0.4 is 10.5 Å². The van der Waals surface area contributed by atoms with E-state index >= 15 is 0 Å². The van der Waals surface area contributed by atoms with Gasteiger partial charge >= 0.3 is 5.06 Å². The number of carbonyl (C=O) groups is 1. The maximum absolute atomic E-state index is 13.5. The number of halogens is 1. The van der Waals surface area contributed by atoms with Crippen molar-refractivity contribution in [2.45, 2.75) is 23.4 Å². The summed E-state index contributed by atoms with van der Waals surface area (Å²) in [6.45, 7) is -0.870. The number of nitrogen functional groups attached to an aromatic ring is 1. The zero-order valence-electron chi connectivity index (χ0n) is 16.4. The molecule has 176 valence electrons. The fraction of sp³-hybridized carbons (Fsp3) is 0.294. The number of aliphatic hydroxyl groups is 3. The molecule has 33 heavy (non-hydrogen) atoms. The topological polar surface area (TPSA) is 223 Å². The fourth-order valence-electron chi connectivity index (χ4n) is 3.50. The van der Waals surface area contributed by atoms with Gasteiger partial charge in [0.15, 0.2) is 11.5 Å². The number of nitrogens with two attached hydrogens (primary N) is 1. The maximum atomic E-state index is 13.5. The van der Waals surface area contributed by atoms with Gasteiger partial charge in [-0.2, -0.15) is 0 Å². The third kappa shape index (κ3) is 3.45. The fourth-order valence-corrected chi connectivity index (χ4v) is 5.27. The van der Waals surface area contributed by atoms with Crippen LogP contribution in [0.25, 0.3) is 11.2 Å². The van der Waals surface area contributed by atoms with E-state index in [1.807, 2.05) is 0 Å². The van der Waals surface area contributed by atoms with Crippen LogP contribution in [0.4, 0.5) is 5.82 Å². The average Bonchev–Trinajstić information content (AvgIpc) is 3.29. The summed E-state index contributed by atoms with van der Waals surface area (Å²) in [6.07, 6.45) is -3.77. The van der Waals surface area contributed by atoms with Crippen molar-refractivity contribution in [2.24, 2.45) is 0 Å². The van der Waals surface area contributed by atoms with Crippen LogP contribution in [0.3, 0.4) is 0 Å². The molecule has 2 aromatic heterocycles. The van der Waals surface area contributed by atoms with E-state index in [1.165, 1.54) is 6.07 Å². The van der Waals surface area contributed by atoms with E-state index in [9.17, 15) is 33.6 Å². The number of hydrogen-bond acceptors (Lipinski definition) is 12. The number of carbonyl (C=O) groups excluding carboxylic acids is 1. The summed E-state index contributed by atoms with van der Waals surface area (Å²) >= 11 is 5.74. The quantitative estimate of drug-likeness (QED) is 0.229. The van der Waals surface area contributed by atoms with Gasteiger partial charge in [-0.25, -0.2) is 28.1 Å². The molecule has 14 nitrogen and oxygen atoms in total. The highest BCUT2D eigenvalue weighted by Crippen LogP contribution is 2.41. The zero-order valence-corrected chi connectivity index (χ0v) is 18.0. The van der Waals surface area contributed by atoms with Crippen molar-refractivity contribution in [3.05, 3.63) is 41.4 Å². The Morgan fingerprint density at radius 3 is 2.67 bits per heavy atom. The summed E-state index contributed by atoms with van der Waals surface area (Å²) in [5.41, 5.74) is 5.03. The molecule has 1 aromatic carbocycles. The minimum absolute atomic E-state index is 0.0496. The Bertz CT molecular complexity index is 1350. The van der Waals surface area contributed by atoms with E-state index in [0.717, 1.165) is 29.4 Å². The van der Waals surface area contributed by atoms with E-state index in [0.29, 0.717) is 0 Å². The van der Waals surface area contributed by atoms with Crippen LogP contribution in [0.1, 0.15) is 10.4 Å². The predicted molar refractivity (Wildman–Crippen MR) is 111 cm³/mol. The van der Waals surface area contributed by atoms with E-state index in [4.69, 9.17) is 22.1 Å². The molecule has 0 unspecified atom stereocenters. The number of aliphatic hydroxyl groups excluding tert-OH is 3. The summed E-state index contributed by atoms with van der Waals surface area (Å²) < 4.78 is 35.0. The molecular weight excluding hydrogens is 484 g/mol. The molecular formula is C17H17ClN6O8S. The molecule has 1 aliphatic heterocycles. The van der Waals surface area contributed by atoms with Crippen LogP contribution in [0, 0.1) is 0 Å². The number of phenolic OH excluding ortho intramolecular Hbond substituents is 1. The van der Waals surface area contributed by atoms with Crippen molar-refractivity contribution in [1.29, 1.82) is 0 Å². The van der Waals surface area contributed by atoms with Crippen molar-refractivity contribution in [3.8, 4) is 5.75 Å². The van der Waals surface area contributed by atoms with Crippen molar-refractivity contribution in [1.82, 2.24) is 24.2 Å². The minimum atomic E-state index is -5.11. The Balaban J connectivity index is 1.88. The molecule has 0 radical (unpaired) electrons. The van der Waals surface area contributed by atoms with Gasteiger partial charge < -0.3 is 30.9 Å². The lowest BCUT2D eigenvalue weighted by atomic mass is 10.1. The molecule has 1 fully saturated rings. The molecule has 0 spiro atoms. The van der Waals surface area contributed by atoms with Gasteiger partial charge in [-0.15, -0.1) is 0 Å². The normalized spacial score (nSPS) is 25.4. The van der Waals surface area contributed by atoms with Crippen molar-refractivity contribution < 1.29 is 38.4 Å². The Labute approximate surface area is 190 Å². The highest BCUT2D eigenvalue weighted by molar-refractivity contribution is 7.90. The molecule has 0 bridgehead atoms. The highest BCUT2D eigenvalue weighted by atomic mass is 35.5. The number of ether oxygens (including phenoxy) is 1.